The first-order chi connectivity index (χ1) is 11.2. The van der Waals surface area contributed by atoms with Gasteiger partial charge in [0.2, 0.25) is 0 Å². The molecule has 1 aliphatic rings. The zero-order chi connectivity index (χ0) is 16.1. The molecule has 3 rings (SSSR count). The first-order valence-electron chi connectivity index (χ1n) is 8.03. The Bertz CT molecular complexity index is 627. The van der Waals surface area contributed by atoms with Crippen LogP contribution in [0.1, 0.15) is 42.1 Å². The van der Waals surface area contributed by atoms with Gasteiger partial charge in [0.25, 0.3) is 0 Å². The Labute approximate surface area is 141 Å². The van der Waals surface area contributed by atoms with Gasteiger partial charge in [-0.2, -0.15) is 0 Å². The minimum Gasteiger partial charge on any atom is -0.300 e. The van der Waals surface area contributed by atoms with Crippen molar-refractivity contribution in [3.05, 3.63) is 71.8 Å². The second-order valence-electron chi connectivity index (χ2n) is 6.04. The van der Waals surface area contributed by atoms with Gasteiger partial charge < -0.3 is 0 Å². The molecular formula is C20H20O2S. The summed E-state index contributed by atoms with van der Waals surface area (Å²) in [5.41, 5.74) is 2.28. The zero-order valence-corrected chi connectivity index (χ0v) is 13.8. The smallest absolute Gasteiger partial charge is 0.190 e. The van der Waals surface area contributed by atoms with E-state index >= 15 is 0 Å². The quantitative estimate of drug-likeness (QED) is 0.792. The van der Waals surface area contributed by atoms with E-state index in [1.54, 1.807) is 0 Å². The molecule has 0 aromatic heterocycles. The molecule has 0 heterocycles. The summed E-state index contributed by atoms with van der Waals surface area (Å²) >= 11 is 1.39. The van der Waals surface area contributed by atoms with Crippen LogP contribution in [0.4, 0.5) is 0 Å². The summed E-state index contributed by atoms with van der Waals surface area (Å²) in [6.45, 7) is 0. The van der Waals surface area contributed by atoms with E-state index in [4.69, 9.17) is 0 Å². The largest absolute Gasteiger partial charge is 0.300 e. The van der Waals surface area contributed by atoms with Crippen molar-refractivity contribution in [3.63, 3.8) is 0 Å². The first-order valence-corrected chi connectivity index (χ1v) is 8.91. The molecule has 0 amide bonds. The number of hydrogen-bond donors (Lipinski definition) is 0. The fraction of sp³-hybridized carbons (Fsp3) is 0.300. The van der Waals surface area contributed by atoms with Crippen molar-refractivity contribution in [2.45, 2.75) is 30.9 Å². The highest BCUT2D eigenvalue weighted by Gasteiger charge is 2.26. The Hall–Kier alpha value is -1.87. The van der Waals surface area contributed by atoms with Gasteiger partial charge in [-0.15, -0.1) is 0 Å². The summed E-state index contributed by atoms with van der Waals surface area (Å²) < 4.78 is 0. The van der Waals surface area contributed by atoms with E-state index in [0.717, 1.165) is 17.5 Å². The van der Waals surface area contributed by atoms with E-state index in [2.05, 4.69) is 24.3 Å². The third-order valence-electron chi connectivity index (χ3n) is 4.26. The second-order valence-corrected chi connectivity index (χ2v) is 7.21. The van der Waals surface area contributed by atoms with Crippen LogP contribution in [-0.2, 0) is 9.59 Å². The van der Waals surface area contributed by atoms with Crippen molar-refractivity contribution >= 4 is 22.7 Å². The van der Waals surface area contributed by atoms with Crippen LogP contribution in [0, 0.1) is 5.92 Å². The molecule has 1 atom stereocenters. The molecule has 2 aromatic carbocycles. The molecule has 0 aliphatic heterocycles. The number of thioether (sulfide) groups is 1. The molecule has 3 heteroatoms. The normalized spacial score (nSPS) is 17.6. The van der Waals surface area contributed by atoms with Crippen LogP contribution >= 0.6 is 11.8 Å². The molecule has 0 radical (unpaired) electrons. The molecular weight excluding hydrogens is 304 g/mol. The number of rotatable bonds is 5. The summed E-state index contributed by atoms with van der Waals surface area (Å²) in [6.07, 6.45) is 2.59. The maximum atomic E-state index is 12.5. The fourth-order valence-corrected chi connectivity index (χ4v) is 4.25. The van der Waals surface area contributed by atoms with Crippen LogP contribution in [-0.4, -0.2) is 10.9 Å². The number of carbonyl (C=O) groups is 2. The number of benzene rings is 2. The Morgan fingerprint density at radius 2 is 1.57 bits per heavy atom. The Kier molecular flexibility index (Phi) is 5.29. The summed E-state index contributed by atoms with van der Waals surface area (Å²) in [4.78, 5) is 23.9. The maximum Gasteiger partial charge on any atom is 0.190 e. The Balaban J connectivity index is 1.74. The van der Waals surface area contributed by atoms with Crippen molar-refractivity contribution in [1.82, 2.24) is 0 Å². The second kappa shape index (κ2) is 7.60. The van der Waals surface area contributed by atoms with E-state index in [0.29, 0.717) is 25.0 Å². The van der Waals surface area contributed by atoms with E-state index in [9.17, 15) is 9.59 Å². The van der Waals surface area contributed by atoms with Crippen LogP contribution in [0.25, 0.3) is 0 Å². The molecule has 1 aliphatic carbocycles. The molecule has 1 fully saturated rings. The van der Waals surface area contributed by atoms with Gasteiger partial charge in [-0.25, -0.2) is 0 Å². The average molecular weight is 324 g/mol. The highest BCUT2D eigenvalue weighted by Crippen LogP contribution is 2.38. The lowest BCUT2D eigenvalue weighted by molar-refractivity contribution is -0.117. The highest BCUT2D eigenvalue weighted by molar-refractivity contribution is 8.14. The van der Waals surface area contributed by atoms with E-state index in [-0.39, 0.29) is 16.3 Å². The highest BCUT2D eigenvalue weighted by atomic mass is 32.2. The lowest BCUT2D eigenvalue weighted by Crippen LogP contribution is -2.06. The van der Waals surface area contributed by atoms with Crippen molar-refractivity contribution in [3.8, 4) is 0 Å². The van der Waals surface area contributed by atoms with E-state index in [1.165, 1.54) is 11.8 Å². The monoisotopic (exact) mass is 324 g/mol. The number of ketones is 1. The lowest BCUT2D eigenvalue weighted by atomic mass is 10.0. The third kappa shape index (κ3) is 4.32. The van der Waals surface area contributed by atoms with Gasteiger partial charge in [-0.1, -0.05) is 72.4 Å². The van der Waals surface area contributed by atoms with Gasteiger partial charge in [0.05, 0.1) is 5.25 Å². The number of hydrogen-bond acceptors (Lipinski definition) is 3. The molecule has 23 heavy (non-hydrogen) atoms. The van der Waals surface area contributed by atoms with Gasteiger partial charge in [0.15, 0.2) is 5.12 Å². The standard InChI is InChI=1S/C20H20O2S/c21-18-12-11-15(13-18)14-19(22)23-20(16-7-3-1-4-8-16)17-9-5-2-6-10-17/h1-10,15,20H,11-14H2. The third-order valence-corrected chi connectivity index (χ3v) is 5.47. The number of Topliss-reactive ketones (excluding diaryl/α,β-unsaturated/α-hetero) is 1. The van der Waals surface area contributed by atoms with Crippen LogP contribution < -0.4 is 0 Å². The van der Waals surface area contributed by atoms with Gasteiger partial charge in [-0.3, -0.25) is 9.59 Å². The minimum absolute atomic E-state index is 0.0157. The van der Waals surface area contributed by atoms with Crippen molar-refractivity contribution in [2.75, 3.05) is 0 Å². The minimum atomic E-state index is 0.0157. The van der Waals surface area contributed by atoms with Gasteiger partial charge in [0.1, 0.15) is 5.78 Å². The van der Waals surface area contributed by atoms with E-state index < -0.39 is 0 Å². The Morgan fingerprint density at radius 1 is 1.00 bits per heavy atom. The molecule has 1 unspecified atom stereocenters. The van der Waals surface area contributed by atoms with Gasteiger partial charge >= 0.3 is 0 Å². The predicted molar refractivity (Wildman–Crippen MR) is 94.3 cm³/mol. The fourth-order valence-electron chi connectivity index (χ4n) is 3.06. The predicted octanol–water partition coefficient (Wildman–Crippen LogP) is 4.80. The molecule has 0 N–H and O–H groups in total. The topological polar surface area (TPSA) is 34.1 Å². The van der Waals surface area contributed by atoms with Crippen LogP contribution in [0.5, 0.6) is 0 Å². The van der Waals surface area contributed by atoms with Crippen LogP contribution in [0.3, 0.4) is 0 Å². The lowest BCUT2D eigenvalue weighted by Gasteiger charge is -2.17. The molecule has 1 saturated carbocycles. The van der Waals surface area contributed by atoms with Crippen molar-refractivity contribution in [2.24, 2.45) is 5.92 Å². The first kappa shape index (κ1) is 16.0. The molecule has 2 nitrogen and oxygen atoms in total. The van der Waals surface area contributed by atoms with E-state index in [1.807, 2.05) is 36.4 Å². The van der Waals surface area contributed by atoms with Crippen molar-refractivity contribution in [1.29, 1.82) is 0 Å². The molecule has 118 valence electrons. The van der Waals surface area contributed by atoms with Gasteiger partial charge in [-0.05, 0) is 23.5 Å². The maximum absolute atomic E-state index is 12.5. The molecule has 2 aromatic rings. The SMILES string of the molecule is O=C1CCC(CC(=O)SC(c2ccccc2)c2ccccc2)C1. The van der Waals surface area contributed by atoms with Gasteiger partial charge in [0, 0.05) is 19.3 Å². The molecule has 0 saturated heterocycles. The average Bonchev–Trinajstić information content (AvgIpc) is 2.99. The number of carbonyl (C=O) groups excluding carboxylic acids is 2. The molecule has 0 spiro atoms. The summed E-state index contributed by atoms with van der Waals surface area (Å²) in [6, 6.07) is 20.3. The summed E-state index contributed by atoms with van der Waals surface area (Å²) in [5, 5.41) is 0.199. The van der Waals surface area contributed by atoms with Crippen LogP contribution in [0.15, 0.2) is 60.7 Å². The summed E-state index contributed by atoms with van der Waals surface area (Å²) in [5.74, 6) is 0.546. The summed E-state index contributed by atoms with van der Waals surface area (Å²) in [7, 11) is 0. The molecule has 0 bridgehead atoms. The van der Waals surface area contributed by atoms with Crippen molar-refractivity contribution < 1.29 is 9.59 Å². The Morgan fingerprint density at radius 3 is 2.04 bits per heavy atom. The zero-order valence-electron chi connectivity index (χ0n) is 13.0. The van der Waals surface area contributed by atoms with Crippen LogP contribution in [0.2, 0.25) is 0 Å².